The summed E-state index contributed by atoms with van der Waals surface area (Å²) in [5, 5.41) is 7.18. The van der Waals surface area contributed by atoms with Crippen molar-refractivity contribution >= 4 is 17.2 Å². The maximum absolute atomic E-state index is 13.4. The van der Waals surface area contributed by atoms with Crippen LogP contribution in [0.25, 0.3) is 10.7 Å². The Morgan fingerprint density at radius 3 is 2.93 bits per heavy atom. The number of nitrogens with zero attached hydrogens (tertiary/aromatic N) is 2. The molecule has 2 aromatic heterocycles. The summed E-state index contributed by atoms with van der Waals surface area (Å²) in [7, 11) is 0. The minimum absolute atomic E-state index is 0.00169. The van der Waals surface area contributed by atoms with Gasteiger partial charge >= 0.3 is 0 Å². The minimum atomic E-state index is -0.295. The molecule has 0 saturated heterocycles. The lowest BCUT2D eigenvalue weighted by molar-refractivity contribution is -0.127. The van der Waals surface area contributed by atoms with E-state index < -0.39 is 0 Å². The normalized spacial score (nSPS) is 25.4. The third-order valence-corrected chi connectivity index (χ3v) is 7.26. The summed E-state index contributed by atoms with van der Waals surface area (Å²) in [5.74, 6) is 1.42. The maximum atomic E-state index is 13.4. The number of carbonyl (C=O) groups is 1. The van der Waals surface area contributed by atoms with Gasteiger partial charge in [-0.15, -0.1) is 11.3 Å². The van der Waals surface area contributed by atoms with E-state index in [4.69, 9.17) is 4.52 Å². The van der Waals surface area contributed by atoms with Crippen LogP contribution in [0.1, 0.15) is 41.5 Å². The fraction of sp³-hybridized carbons (Fsp3) is 0.409. The second kappa shape index (κ2) is 7.37. The van der Waals surface area contributed by atoms with Crippen molar-refractivity contribution < 1.29 is 13.7 Å². The van der Waals surface area contributed by atoms with Gasteiger partial charge in [0.25, 0.3) is 0 Å². The van der Waals surface area contributed by atoms with Crippen LogP contribution >= 0.6 is 11.3 Å². The van der Waals surface area contributed by atoms with Crippen molar-refractivity contribution in [3.8, 4) is 10.7 Å². The fourth-order valence-corrected chi connectivity index (χ4v) is 5.80. The average molecular weight is 412 g/mol. The second-order valence-corrected chi connectivity index (χ2v) is 9.39. The van der Waals surface area contributed by atoms with Crippen molar-refractivity contribution in [2.24, 2.45) is 17.8 Å². The smallest absolute Gasteiger partial charge is 0.231 e. The van der Waals surface area contributed by atoms with Crippen LogP contribution in [-0.2, 0) is 11.3 Å². The van der Waals surface area contributed by atoms with Gasteiger partial charge < -0.3 is 9.84 Å². The van der Waals surface area contributed by atoms with E-state index in [1.807, 2.05) is 25.1 Å². The molecule has 4 atom stereocenters. The summed E-state index contributed by atoms with van der Waals surface area (Å²) in [4.78, 5) is 19.9. The molecule has 29 heavy (non-hydrogen) atoms. The number of benzene rings is 1. The maximum Gasteiger partial charge on any atom is 0.231 e. The molecule has 0 unspecified atom stereocenters. The van der Waals surface area contributed by atoms with Crippen LogP contribution in [0, 0.1) is 30.5 Å². The highest BCUT2D eigenvalue weighted by molar-refractivity contribution is 7.15. The van der Waals surface area contributed by atoms with Gasteiger partial charge in [-0.3, -0.25) is 4.79 Å². The molecule has 2 fully saturated rings. The Bertz CT molecular complexity index is 1050. The monoisotopic (exact) mass is 411 g/mol. The molecule has 0 aliphatic heterocycles. The number of hydrogen-bond acceptors (Lipinski definition) is 5. The van der Waals surface area contributed by atoms with Crippen molar-refractivity contribution in [1.29, 1.82) is 0 Å². The third kappa shape index (κ3) is 3.48. The van der Waals surface area contributed by atoms with E-state index in [1.165, 1.54) is 17.0 Å². The number of fused-ring (bicyclic) bond motifs is 2. The molecule has 1 N–H and O–H groups in total. The summed E-state index contributed by atoms with van der Waals surface area (Å²) in [5.41, 5.74) is 0.756. The molecule has 150 valence electrons. The van der Waals surface area contributed by atoms with E-state index in [-0.39, 0.29) is 23.6 Å². The molecular weight excluding hydrogens is 389 g/mol. The van der Waals surface area contributed by atoms with Gasteiger partial charge in [0.1, 0.15) is 5.82 Å². The topological polar surface area (TPSA) is 68.0 Å². The Morgan fingerprint density at radius 1 is 1.28 bits per heavy atom. The van der Waals surface area contributed by atoms with Crippen molar-refractivity contribution in [2.75, 3.05) is 0 Å². The SMILES string of the molecule is Cc1ccc(-c2noc([C@H]3[C@@H]4CC[C@@H](C4)[C@@H]3C(=O)NCc3cccc(F)c3)n2)s1. The number of rotatable bonds is 5. The molecule has 2 heterocycles. The zero-order valence-corrected chi connectivity index (χ0v) is 16.9. The van der Waals surface area contributed by atoms with Gasteiger partial charge in [0.15, 0.2) is 0 Å². The fourth-order valence-electron chi connectivity index (χ4n) is 5.00. The molecule has 3 aromatic rings. The lowest BCUT2D eigenvalue weighted by atomic mass is 9.78. The lowest BCUT2D eigenvalue weighted by Crippen LogP contribution is -2.37. The van der Waals surface area contributed by atoms with Crippen LogP contribution in [0.3, 0.4) is 0 Å². The molecule has 5 rings (SSSR count). The Morgan fingerprint density at radius 2 is 2.14 bits per heavy atom. The highest BCUT2D eigenvalue weighted by Gasteiger charge is 2.53. The molecule has 2 aliphatic rings. The molecule has 7 heteroatoms. The predicted octanol–water partition coefficient (Wildman–Crippen LogP) is 4.69. The lowest BCUT2D eigenvalue weighted by Gasteiger charge is -2.27. The Labute approximate surface area is 172 Å². The molecule has 1 amide bonds. The standard InChI is InChI=1S/C22H22FN3O2S/c1-12-5-8-17(29-12)20-25-22(28-26-20)19-15-7-6-14(10-15)18(19)21(27)24-11-13-3-2-4-16(23)9-13/h2-5,8-9,14-15,18-19H,6-7,10-11H2,1H3,(H,24,27)/t14-,15+,18-,19-/m0/s1. The first-order valence-corrected chi connectivity index (χ1v) is 10.8. The van der Waals surface area contributed by atoms with E-state index in [0.717, 1.165) is 29.7 Å². The highest BCUT2D eigenvalue weighted by Crippen LogP contribution is 2.56. The number of thiophene rings is 1. The Kier molecular flexibility index (Phi) is 4.70. The number of halogens is 1. The summed E-state index contributed by atoms with van der Waals surface area (Å²) in [6.45, 7) is 2.37. The van der Waals surface area contributed by atoms with Crippen LogP contribution in [0.2, 0.25) is 0 Å². The summed E-state index contributed by atoms with van der Waals surface area (Å²) < 4.78 is 19.0. The van der Waals surface area contributed by atoms with E-state index in [2.05, 4.69) is 15.5 Å². The van der Waals surface area contributed by atoms with Gasteiger partial charge in [-0.1, -0.05) is 17.3 Å². The van der Waals surface area contributed by atoms with Gasteiger partial charge in [0.05, 0.1) is 16.7 Å². The first-order valence-electron chi connectivity index (χ1n) is 10.0. The van der Waals surface area contributed by atoms with Gasteiger partial charge in [0, 0.05) is 11.4 Å². The van der Waals surface area contributed by atoms with E-state index in [0.29, 0.717) is 30.1 Å². The first-order chi connectivity index (χ1) is 14.1. The van der Waals surface area contributed by atoms with Gasteiger partial charge in [0.2, 0.25) is 17.6 Å². The van der Waals surface area contributed by atoms with E-state index in [1.54, 1.807) is 17.4 Å². The van der Waals surface area contributed by atoms with Crippen molar-refractivity contribution in [3.05, 3.63) is 58.5 Å². The Balaban J connectivity index is 1.35. The van der Waals surface area contributed by atoms with Crippen LogP contribution in [0.4, 0.5) is 4.39 Å². The summed E-state index contributed by atoms with van der Waals surface area (Å²) in [6, 6.07) is 10.4. The van der Waals surface area contributed by atoms with Gasteiger partial charge in [-0.25, -0.2) is 4.39 Å². The zero-order valence-electron chi connectivity index (χ0n) is 16.1. The van der Waals surface area contributed by atoms with E-state index in [9.17, 15) is 9.18 Å². The first kappa shape index (κ1) is 18.5. The molecule has 0 radical (unpaired) electrons. The van der Waals surface area contributed by atoms with Crippen LogP contribution in [0.15, 0.2) is 40.9 Å². The average Bonchev–Trinajstić information content (AvgIpc) is 3.48. The number of aromatic nitrogens is 2. The highest BCUT2D eigenvalue weighted by atomic mass is 32.1. The number of hydrogen-bond donors (Lipinski definition) is 1. The molecule has 1 aromatic carbocycles. The van der Waals surface area contributed by atoms with Gasteiger partial charge in [-0.2, -0.15) is 4.98 Å². The molecular formula is C22H22FN3O2S. The number of nitrogens with one attached hydrogen (secondary N) is 1. The Hall–Kier alpha value is -2.54. The largest absolute Gasteiger partial charge is 0.352 e. The van der Waals surface area contributed by atoms with Gasteiger partial charge in [-0.05, 0) is 67.9 Å². The molecule has 2 aliphatic carbocycles. The van der Waals surface area contributed by atoms with Crippen molar-refractivity contribution in [1.82, 2.24) is 15.5 Å². The molecule has 5 nitrogen and oxygen atoms in total. The number of carbonyl (C=O) groups excluding carboxylic acids is 1. The second-order valence-electron chi connectivity index (χ2n) is 8.10. The zero-order chi connectivity index (χ0) is 20.0. The molecule has 2 bridgehead atoms. The molecule has 2 saturated carbocycles. The van der Waals surface area contributed by atoms with Crippen molar-refractivity contribution in [2.45, 2.75) is 38.6 Å². The molecule has 0 spiro atoms. The van der Waals surface area contributed by atoms with Crippen molar-refractivity contribution in [3.63, 3.8) is 0 Å². The minimum Gasteiger partial charge on any atom is -0.352 e. The van der Waals surface area contributed by atoms with E-state index >= 15 is 0 Å². The predicted molar refractivity (Wildman–Crippen MR) is 108 cm³/mol. The number of aryl methyl sites for hydroxylation is 1. The quantitative estimate of drug-likeness (QED) is 0.661. The van der Waals surface area contributed by atoms with Crippen LogP contribution in [0.5, 0.6) is 0 Å². The van der Waals surface area contributed by atoms with Crippen LogP contribution < -0.4 is 5.32 Å². The summed E-state index contributed by atoms with van der Waals surface area (Å²) in [6.07, 6.45) is 3.18. The van der Waals surface area contributed by atoms with Crippen LogP contribution in [-0.4, -0.2) is 16.0 Å². The third-order valence-electron chi connectivity index (χ3n) is 6.26. The number of amides is 1. The summed E-state index contributed by atoms with van der Waals surface area (Å²) >= 11 is 1.63.